The minimum Gasteiger partial charge on any atom is -0.392 e. The van der Waals surface area contributed by atoms with Crippen molar-refractivity contribution in [2.24, 2.45) is 0 Å². The van der Waals surface area contributed by atoms with Crippen LogP contribution in [-0.2, 0) is 6.54 Å². The lowest BCUT2D eigenvalue weighted by Crippen LogP contribution is -2.36. The molecule has 1 unspecified atom stereocenters. The number of halogens is 2. The fraction of sp³-hybridized carbons (Fsp3) is 0.538. The zero-order valence-corrected chi connectivity index (χ0v) is 12.0. The summed E-state index contributed by atoms with van der Waals surface area (Å²) in [6.45, 7) is 7.23. The molecule has 0 aliphatic rings. The van der Waals surface area contributed by atoms with Crippen LogP contribution in [0, 0.1) is 0 Å². The summed E-state index contributed by atoms with van der Waals surface area (Å²) >= 11 is 12.3. The van der Waals surface area contributed by atoms with Gasteiger partial charge in [-0.15, -0.1) is 0 Å². The second-order valence-corrected chi connectivity index (χ2v) is 5.39. The lowest BCUT2D eigenvalue weighted by atomic mass is 10.1. The van der Waals surface area contributed by atoms with E-state index in [4.69, 9.17) is 23.2 Å². The highest BCUT2D eigenvalue weighted by molar-refractivity contribution is 6.35. The molecule has 0 fully saturated rings. The smallest absolute Gasteiger partial charge is 0.0639 e. The summed E-state index contributed by atoms with van der Waals surface area (Å²) in [6.07, 6.45) is -0.362. The van der Waals surface area contributed by atoms with E-state index in [2.05, 4.69) is 18.7 Å². The topological polar surface area (TPSA) is 23.5 Å². The fourth-order valence-corrected chi connectivity index (χ4v) is 2.20. The molecular weight excluding hydrogens is 257 g/mol. The number of benzene rings is 1. The van der Waals surface area contributed by atoms with Crippen molar-refractivity contribution in [1.82, 2.24) is 4.90 Å². The van der Waals surface area contributed by atoms with Crippen molar-refractivity contribution in [3.05, 3.63) is 33.8 Å². The second kappa shape index (κ2) is 6.60. The van der Waals surface area contributed by atoms with Gasteiger partial charge in [0.2, 0.25) is 0 Å². The van der Waals surface area contributed by atoms with Gasteiger partial charge in [-0.05, 0) is 32.9 Å². The molecule has 1 aromatic rings. The molecule has 0 heterocycles. The summed E-state index contributed by atoms with van der Waals surface area (Å²) in [5.41, 5.74) is 0.921. The van der Waals surface area contributed by atoms with Gasteiger partial charge in [0, 0.05) is 34.7 Å². The van der Waals surface area contributed by atoms with Gasteiger partial charge in [-0.25, -0.2) is 0 Å². The van der Waals surface area contributed by atoms with E-state index in [-0.39, 0.29) is 6.10 Å². The Morgan fingerprint density at radius 2 is 1.71 bits per heavy atom. The van der Waals surface area contributed by atoms with Crippen molar-refractivity contribution in [2.75, 3.05) is 6.54 Å². The van der Waals surface area contributed by atoms with Crippen molar-refractivity contribution < 1.29 is 5.11 Å². The van der Waals surface area contributed by atoms with Crippen molar-refractivity contribution in [1.29, 1.82) is 0 Å². The first kappa shape index (κ1) is 14.8. The predicted octanol–water partition coefficient (Wildman–Crippen LogP) is 3.58. The van der Waals surface area contributed by atoms with E-state index in [1.54, 1.807) is 6.92 Å². The van der Waals surface area contributed by atoms with Crippen LogP contribution in [0.1, 0.15) is 26.3 Å². The summed E-state index contributed by atoms with van der Waals surface area (Å²) in [4.78, 5) is 2.15. The molecule has 0 spiro atoms. The van der Waals surface area contributed by atoms with Crippen LogP contribution in [0.15, 0.2) is 18.2 Å². The van der Waals surface area contributed by atoms with Gasteiger partial charge in [0.05, 0.1) is 6.10 Å². The van der Waals surface area contributed by atoms with E-state index in [0.29, 0.717) is 29.2 Å². The number of nitrogens with zero attached hydrogens (tertiary/aromatic N) is 1. The third-order valence-electron chi connectivity index (χ3n) is 2.65. The van der Waals surface area contributed by atoms with E-state index in [1.165, 1.54) is 0 Å². The average molecular weight is 276 g/mol. The van der Waals surface area contributed by atoms with Crippen LogP contribution in [0.4, 0.5) is 0 Å². The van der Waals surface area contributed by atoms with Gasteiger partial charge in [0.25, 0.3) is 0 Å². The maximum Gasteiger partial charge on any atom is 0.0639 e. The first-order valence-electron chi connectivity index (χ1n) is 5.76. The van der Waals surface area contributed by atoms with Gasteiger partial charge in [0.1, 0.15) is 0 Å². The number of aliphatic hydroxyl groups excluding tert-OH is 1. The SMILES string of the molecule is CC(O)CN(Cc1c(Cl)cccc1Cl)C(C)C. The molecule has 1 rings (SSSR count). The minimum absolute atomic E-state index is 0.330. The normalized spacial score (nSPS) is 13.4. The van der Waals surface area contributed by atoms with Crippen LogP contribution in [0.3, 0.4) is 0 Å². The van der Waals surface area contributed by atoms with Gasteiger partial charge >= 0.3 is 0 Å². The Morgan fingerprint density at radius 3 is 2.12 bits per heavy atom. The molecule has 1 N–H and O–H groups in total. The van der Waals surface area contributed by atoms with Gasteiger partial charge < -0.3 is 5.11 Å². The zero-order valence-electron chi connectivity index (χ0n) is 10.5. The number of hydrogen-bond acceptors (Lipinski definition) is 2. The third-order valence-corrected chi connectivity index (χ3v) is 3.36. The molecule has 0 aromatic heterocycles. The number of aliphatic hydroxyl groups is 1. The van der Waals surface area contributed by atoms with Crippen molar-refractivity contribution in [3.63, 3.8) is 0 Å². The van der Waals surface area contributed by atoms with Crippen LogP contribution < -0.4 is 0 Å². The van der Waals surface area contributed by atoms with Crippen molar-refractivity contribution in [3.8, 4) is 0 Å². The molecular formula is C13H19Cl2NO. The van der Waals surface area contributed by atoms with Gasteiger partial charge in [-0.1, -0.05) is 29.3 Å². The molecule has 0 saturated carbocycles. The summed E-state index contributed by atoms with van der Waals surface area (Å²) in [5, 5.41) is 10.8. The Balaban J connectivity index is 2.86. The monoisotopic (exact) mass is 275 g/mol. The average Bonchev–Trinajstić information content (AvgIpc) is 2.21. The van der Waals surface area contributed by atoms with Crippen LogP contribution in [-0.4, -0.2) is 28.7 Å². The Hall–Kier alpha value is -0.280. The molecule has 1 atom stereocenters. The minimum atomic E-state index is -0.362. The van der Waals surface area contributed by atoms with E-state index < -0.39 is 0 Å². The molecule has 1 aromatic carbocycles. The predicted molar refractivity (Wildman–Crippen MR) is 73.7 cm³/mol. The molecule has 96 valence electrons. The first-order chi connectivity index (χ1) is 7.91. The highest BCUT2D eigenvalue weighted by Crippen LogP contribution is 2.26. The molecule has 2 nitrogen and oxygen atoms in total. The second-order valence-electron chi connectivity index (χ2n) is 4.57. The van der Waals surface area contributed by atoms with E-state index >= 15 is 0 Å². The fourth-order valence-electron chi connectivity index (χ4n) is 1.68. The maximum atomic E-state index is 9.48. The Kier molecular flexibility index (Phi) is 5.74. The quantitative estimate of drug-likeness (QED) is 0.888. The van der Waals surface area contributed by atoms with Crippen LogP contribution >= 0.6 is 23.2 Å². The maximum absolute atomic E-state index is 9.48. The molecule has 17 heavy (non-hydrogen) atoms. The Labute approximate surface area is 113 Å². The molecule has 0 aliphatic heterocycles. The Bertz CT molecular complexity index is 346. The highest BCUT2D eigenvalue weighted by Gasteiger charge is 2.15. The largest absolute Gasteiger partial charge is 0.392 e. The van der Waals surface area contributed by atoms with Crippen LogP contribution in [0.2, 0.25) is 10.0 Å². The van der Waals surface area contributed by atoms with Crippen LogP contribution in [0.25, 0.3) is 0 Å². The van der Waals surface area contributed by atoms with Crippen molar-refractivity contribution in [2.45, 2.75) is 39.5 Å². The highest BCUT2D eigenvalue weighted by atomic mass is 35.5. The third kappa shape index (κ3) is 4.47. The van der Waals surface area contributed by atoms with Gasteiger partial charge in [-0.2, -0.15) is 0 Å². The van der Waals surface area contributed by atoms with E-state index in [1.807, 2.05) is 18.2 Å². The van der Waals surface area contributed by atoms with Gasteiger partial charge in [0.15, 0.2) is 0 Å². The Morgan fingerprint density at radius 1 is 1.18 bits per heavy atom. The number of rotatable bonds is 5. The molecule has 0 bridgehead atoms. The number of hydrogen-bond donors (Lipinski definition) is 1. The summed E-state index contributed by atoms with van der Waals surface area (Å²) < 4.78 is 0. The molecule has 0 saturated heterocycles. The van der Waals surface area contributed by atoms with E-state index in [0.717, 1.165) is 5.56 Å². The zero-order chi connectivity index (χ0) is 13.0. The molecule has 4 heteroatoms. The molecule has 0 aliphatic carbocycles. The summed E-state index contributed by atoms with van der Waals surface area (Å²) in [7, 11) is 0. The summed E-state index contributed by atoms with van der Waals surface area (Å²) in [5.74, 6) is 0. The lowest BCUT2D eigenvalue weighted by Gasteiger charge is -2.28. The van der Waals surface area contributed by atoms with Crippen LogP contribution in [0.5, 0.6) is 0 Å². The summed E-state index contributed by atoms with van der Waals surface area (Å²) in [6, 6.07) is 5.84. The van der Waals surface area contributed by atoms with E-state index in [9.17, 15) is 5.11 Å². The molecule has 0 amide bonds. The van der Waals surface area contributed by atoms with Crippen molar-refractivity contribution >= 4 is 23.2 Å². The first-order valence-corrected chi connectivity index (χ1v) is 6.52. The molecule has 0 radical (unpaired) electrons. The van der Waals surface area contributed by atoms with Gasteiger partial charge in [-0.3, -0.25) is 4.90 Å². The standard InChI is InChI=1S/C13H19Cl2NO/c1-9(2)16(7-10(3)17)8-11-12(14)5-4-6-13(11)15/h4-6,9-10,17H,7-8H2,1-3H3. The lowest BCUT2D eigenvalue weighted by molar-refractivity contribution is 0.103.